The number of piperidine rings is 1. The Bertz CT molecular complexity index is 364. The Balaban J connectivity index is 1.52. The number of aliphatic imine (C=N–C) groups is 1. The molecule has 2 rings (SSSR count). The maximum atomic E-state index is 5.68. The third kappa shape index (κ3) is 8.88. The van der Waals surface area contributed by atoms with Gasteiger partial charge in [-0.2, -0.15) is 0 Å². The molecule has 2 fully saturated rings. The number of hydrogen-bond donors (Lipinski definition) is 2. The van der Waals surface area contributed by atoms with Crippen molar-refractivity contribution in [2.45, 2.75) is 52.1 Å². The second kappa shape index (κ2) is 12.5. The molecule has 0 aromatic rings. The van der Waals surface area contributed by atoms with Gasteiger partial charge in [-0.05, 0) is 64.6 Å². The van der Waals surface area contributed by atoms with Crippen LogP contribution in [0.2, 0.25) is 0 Å². The fourth-order valence-corrected chi connectivity index (χ4v) is 3.34. The van der Waals surface area contributed by atoms with Gasteiger partial charge in [0.2, 0.25) is 0 Å². The smallest absolute Gasteiger partial charge is 0.191 e. The van der Waals surface area contributed by atoms with Crippen molar-refractivity contribution >= 4 is 5.96 Å². The van der Waals surface area contributed by atoms with Crippen LogP contribution in [-0.4, -0.2) is 76.1 Å². The van der Waals surface area contributed by atoms with E-state index in [2.05, 4.69) is 34.4 Å². The monoisotopic (exact) mass is 354 g/mol. The molecule has 2 aliphatic heterocycles. The normalized spacial score (nSPS) is 23.1. The van der Waals surface area contributed by atoms with Crippen molar-refractivity contribution in [3.8, 4) is 0 Å². The van der Waals surface area contributed by atoms with E-state index in [9.17, 15) is 0 Å². The second-order valence-electron chi connectivity index (χ2n) is 7.28. The van der Waals surface area contributed by atoms with Gasteiger partial charge in [-0.15, -0.1) is 0 Å². The minimum Gasteiger partial charge on any atom is -0.377 e. The molecule has 1 atom stereocenters. The summed E-state index contributed by atoms with van der Waals surface area (Å²) in [5.74, 6) is 1.80. The van der Waals surface area contributed by atoms with E-state index in [0.29, 0.717) is 19.3 Å². The van der Waals surface area contributed by atoms with E-state index in [1.807, 2.05) is 0 Å². The van der Waals surface area contributed by atoms with E-state index >= 15 is 0 Å². The molecule has 0 aromatic heterocycles. The average Bonchev–Trinajstić information content (AvgIpc) is 3.13. The number of rotatable bonds is 10. The van der Waals surface area contributed by atoms with E-state index in [4.69, 9.17) is 9.47 Å². The highest BCUT2D eigenvalue weighted by Crippen LogP contribution is 2.15. The van der Waals surface area contributed by atoms with Crippen molar-refractivity contribution in [3.63, 3.8) is 0 Å². The third-order valence-electron chi connectivity index (χ3n) is 4.99. The van der Waals surface area contributed by atoms with Crippen LogP contribution < -0.4 is 10.6 Å². The molecule has 0 aromatic carbocycles. The molecule has 2 heterocycles. The molecular weight excluding hydrogens is 316 g/mol. The van der Waals surface area contributed by atoms with Gasteiger partial charge < -0.3 is 25.0 Å². The number of ether oxygens (including phenoxy) is 2. The Hall–Kier alpha value is -0.850. The van der Waals surface area contributed by atoms with E-state index in [0.717, 1.165) is 51.0 Å². The van der Waals surface area contributed by atoms with Crippen LogP contribution in [0.15, 0.2) is 4.99 Å². The van der Waals surface area contributed by atoms with Crippen LogP contribution in [-0.2, 0) is 9.47 Å². The lowest BCUT2D eigenvalue weighted by Gasteiger charge is -2.29. The highest BCUT2D eigenvalue weighted by atomic mass is 16.5. The summed E-state index contributed by atoms with van der Waals surface area (Å²) in [5, 5.41) is 6.65. The minimum atomic E-state index is 0.305. The lowest BCUT2D eigenvalue weighted by atomic mass is 9.99. The molecule has 0 saturated carbocycles. The minimum absolute atomic E-state index is 0.305. The average molecular weight is 355 g/mol. The second-order valence-corrected chi connectivity index (χ2v) is 7.28. The molecule has 6 nitrogen and oxygen atoms in total. The summed E-state index contributed by atoms with van der Waals surface area (Å²) in [7, 11) is 0. The summed E-state index contributed by atoms with van der Waals surface area (Å²) in [4.78, 5) is 7.25. The lowest BCUT2D eigenvalue weighted by molar-refractivity contribution is 0.0191. The molecule has 0 spiro atoms. The Morgan fingerprint density at radius 1 is 1.24 bits per heavy atom. The zero-order valence-electron chi connectivity index (χ0n) is 16.3. The first-order valence-corrected chi connectivity index (χ1v) is 10.2. The quantitative estimate of drug-likeness (QED) is 0.356. The molecule has 25 heavy (non-hydrogen) atoms. The summed E-state index contributed by atoms with van der Waals surface area (Å²) >= 11 is 0. The first kappa shape index (κ1) is 20.5. The number of nitrogens with one attached hydrogen (secondary N) is 2. The number of nitrogens with zero attached hydrogens (tertiary/aromatic N) is 2. The van der Waals surface area contributed by atoms with E-state index in [1.54, 1.807) is 0 Å². The summed E-state index contributed by atoms with van der Waals surface area (Å²) < 4.78 is 11.2. The van der Waals surface area contributed by atoms with Crippen LogP contribution in [0.25, 0.3) is 0 Å². The first-order chi connectivity index (χ1) is 12.3. The Morgan fingerprint density at radius 3 is 2.80 bits per heavy atom. The van der Waals surface area contributed by atoms with E-state index in [-0.39, 0.29) is 0 Å². The van der Waals surface area contributed by atoms with Gasteiger partial charge in [0, 0.05) is 26.2 Å². The van der Waals surface area contributed by atoms with Gasteiger partial charge in [0.25, 0.3) is 0 Å². The lowest BCUT2D eigenvalue weighted by Crippen LogP contribution is -2.39. The summed E-state index contributed by atoms with van der Waals surface area (Å²) in [6.07, 6.45) is 6.42. The third-order valence-corrected chi connectivity index (χ3v) is 4.99. The molecule has 0 aliphatic carbocycles. The van der Waals surface area contributed by atoms with Gasteiger partial charge in [0.1, 0.15) is 0 Å². The predicted octanol–water partition coefficient (Wildman–Crippen LogP) is 1.86. The molecule has 2 saturated heterocycles. The molecular formula is C19H38N4O2. The van der Waals surface area contributed by atoms with Crippen molar-refractivity contribution in [1.29, 1.82) is 0 Å². The van der Waals surface area contributed by atoms with Gasteiger partial charge in [-0.3, -0.25) is 4.99 Å². The van der Waals surface area contributed by atoms with Crippen molar-refractivity contribution < 1.29 is 9.47 Å². The van der Waals surface area contributed by atoms with E-state index in [1.165, 1.54) is 38.9 Å². The Kier molecular flexibility index (Phi) is 10.2. The van der Waals surface area contributed by atoms with Crippen LogP contribution >= 0.6 is 0 Å². The number of hydrogen-bond acceptors (Lipinski definition) is 4. The van der Waals surface area contributed by atoms with Crippen molar-refractivity contribution in [2.75, 3.05) is 59.1 Å². The SMILES string of the molecule is CCNC(=NCCCN1CCC(C)CC1)NCCOCC1CCCO1. The van der Waals surface area contributed by atoms with Gasteiger partial charge in [-0.1, -0.05) is 6.92 Å². The number of guanidine groups is 1. The predicted molar refractivity (Wildman–Crippen MR) is 103 cm³/mol. The zero-order chi connectivity index (χ0) is 17.7. The molecule has 2 aliphatic rings. The molecule has 1 unspecified atom stereocenters. The molecule has 0 amide bonds. The fourth-order valence-electron chi connectivity index (χ4n) is 3.34. The van der Waals surface area contributed by atoms with Crippen molar-refractivity contribution in [2.24, 2.45) is 10.9 Å². The maximum Gasteiger partial charge on any atom is 0.191 e. The van der Waals surface area contributed by atoms with Gasteiger partial charge in [0.05, 0.1) is 19.3 Å². The maximum absolute atomic E-state index is 5.68. The number of likely N-dealkylation sites (tertiary alicyclic amines) is 1. The van der Waals surface area contributed by atoms with Gasteiger partial charge in [0.15, 0.2) is 5.96 Å². The molecule has 0 bridgehead atoms. The van der Waals surface area contributed by atoms with Crippen LogP contribution in [0.4, 0.5) is 0 Å². The van der Waals surface area contributed by atoms with Crippen LogP contribution in [0, 0.1) is 5.92 Å². The van der Waals surface area contributed by atoms with Crippen LogP contribution in [0.3, 0.4) is 0 Å². The largest absolute Gasteiger partial charge is 0.377 e. The van der Waals surface area contributed by atoms with Crippen LogP contribution in [0.5, 0.6) is 0 Å². The molecule has 6 heteroatoms. The highest BCUT2D eigenvalue weighted by Gasteiger charge is 2.15. The Morgan fingerprint density at radius 2 is 2.08 bits per heavy atom. The first-order valence-electron chi connectivity index (χ1n) is 10.2. The molecule has 0 radical (unpaired) electrons. The van der Waals surface area contributed by atoms with Crippen LogP contribution in [0.1, 0.15) is 46.0 Å². The molecule has 2 N–H and O–H groups in total. The molecule has 146 valence electrons. The highest BCUT2D eigenvalue weighted by molar-refractivity contribution is 5.79. The van der Waals surface area contributed by atoms with Gasteiger partial charge in [-0.25, -0.2) is 0 Å². The zero-order valence-corrected chi connectivity index (χ0v) is 16.3. The Labute approximate surface area is 153 Å². The van der Waals surface area contributed by atoms with Gasteiger partial charge >= 0.3 is 0 Å². The summed E-state index contributed by atoms with van der Waals surface area (Å²) in [6.45, 7) is 13.0. The standard InChI is InChI=1S/C19H38N4O2/c1-3-20-19(22-10-15-24-16-18-6-4-14-25-18)21-9-5-11-23-12-7-17(2)8-13-23/h17-18H,3-16H2,1-2H3,(H2,20,21,22). The van der Waals surface area contributed by atoms with Crippen molar-refractivity contribution in [1.82, 2.24) is 15.5 Å². The summed E-state index contributed by atoms with van der Waals surface area (Å²) in [6, 6.07) is 0. The fraction of sp³-hybridized carbons (Fsp3) is 0.947. The summed E-state index contributed by atoms with van der Waals surface area (Å²) in [5.41, 5.74) is 0. The topological polar surface area (TPSA) is 58.1 Å². The van der Waals surface area contributed by atoms with Crippen molar-refractivity contribution in [3.05, 3.63) is 0 Å². The van der Waals surface area contributed by atoms with E-state index < -0.39 is 0 Å².